The fourth-order valence-corrected chi connectivity index (χ4v) is 2.82. The molecule has 2 aromatic rings. The number of anilines is 1. The van der Waals surface area contributed by atoms with Crippen LogP contribution >= 0.6 is 22.9 Å². The van der Waals surface area contributed by atoms with E-state index in [2.05, 4.69) is 24.4 Å². The number of benzene rings is 1. The average molecular weight is 296 g/mol. The van der Waals surface area contributed by atoms with E-state index in [0.717, 1.165) is 23.0 Å². The Labute approximate surface area is 123 Å². The van der Waals surface area contributed by atoms with E-state index >= 15 is 0 Å². The van der Waals surface area contributed by atoms with Crippen LogP contribution in [0.2, 0.25) is 5.02 Å². The number of halogens is 1. The number of nitrogens with one attached hydrogen (secondary N) is 1. The van der Waals surface area contributed by atoms with Crippen molar-refractivity contribution in [1.82, 2.24) is 0 Å². The van der Waals surface area contributed by atoms with Crippen LogP contribution in [0, 0.1) is 6.92 Å². The molecule has 0 fully saturated rings. The Balaban J connectivity index is 2.00. The molecule has 0 spiro atoms. The van der Waals surface area contributed by atoms with Crippen LogP contribution in [-0.4, -0.2) is 6.10 Å². The maximum atomic E-state index is 5.91. The molecule has 1 heterocycles. The SMILES string of the molecule is Cc1cc(OC(C)C)ccc1NCc1cc(Cl)cs1. The zero-order valence-electron chi connectivity index (χ0n) is 11.4. The second-order valence-electron chi connectivity index (χ2n) is 4.73. The lowest BCUT2D eigenvalue weighted by Crippen LogP contribution is -2.06. The molecule has 0 amide bonds. The van der Waals surface area contributed by atoms with Crippen LogP contribution in [0.1, 0.15) is 24.3 Å². The molecule has 4 heteroatoms. The molecule has 2 nitrogen and oxygen atoms in total. The summed E-state index contributed by atoms with van der Waals surface area (Å²) in [6.07, 6.45) is 0.200. The van der Waals surface area contributed by atoms with Crippen molar-refractivity contribution in [3.05, 3.63) is 45.1 Å². The van der Waals surface area contributed by atoms with Gasteiger partial charge in [-0.25, -0.2) is 0 Å². The Morgan fingerprint density at radius 1 is 1.32 bits per heavy atom. The van der Waals surface area contributed by atoms with E-state index in [9.17, 15) is 0 Å². The van der Waals surface area contributed by atoms with E-state index in [1.54, 1.807) is 11.3 Å². The van der Waals surface area contributed by atoms with Gasteiger partial charge in [-0.2, -0.15) is 0 Å². The van der Waals surface area contributed by atoms with Crippen molar-refractivity contribution in [2.75, 3.05) is 5.32 Å². The van der Waals surface area contributed by atoms with Crippen LogP contribution < -0.4 is 10.1 Å². The zero-order chi connectivity index (χ0) is 13.8. The van der Waals surface area contributed by atoms with Gasteiger partial charge in [0.1, 0.15) is 5.75 Å². The summed E-state index contributed by atoms with van der Waals surface area (Å²) < 4.78 is 5.67. The quantitative estimate of drug-likeness (QED) is 0.827. The largest absolute Gasteiger partial charge is 0.491 e. The van der Waals surface area contributed by atoms with Gasteiger partial charge in [0, 0.05) is 22.5 Å². The average Bonchev–Trinajstić information content (AvgIpc) is 2.73. The molecule has 1 aromatic carbocycles. The van der Waals surface area contributed by atoms with Crippen LogP contribution in [0.15, 0.2) is 29.6 Å². The van der Waals surface area contributed by atoms with Crippen molar-refractivity contribution in [2.24, 2.45) is 0 Å². The van der Waals surface area contributed by atoms with Crippen molar-refractivity contribution in [1.29, 1.82) is 0 Å². The van der Waals surface area contributed by atoms with E-state index < -0.39 is 0 Å². The van der Waals surface area contributed by atoms with Gasteiger partial charge in [0.05, 0.1) is 11.1 Å². The summed E-state index contributed by atoms with van der Waals surface area (Å²) >= 11 is 7.58. The number of ether oxygens (including phenoxy) is 1. The minimum absolute atomic E-state index is 0.200. The molecule has 1 N–H and O–H groups in total. The van der Waals surface area contributed by atoms with E-state index in [1.165, 1.54) is 10.4 Å². The van der Waals surface area contributed by atoms with E-state index in [0.29, 0.717) is 0 Å². The molecule has 19 heavy (non-hydrogen) atoms. The molecule has 2 rings (SSSR count). The molecule has 0 aliphatic rings. The first-order valence-electron chi connectivity index (χ1n) is 6.28. The van der Waals surface area contributed by atoms with Crippen LogP contribution in [0.3, 0.4) is 0 Å². The highest BCUT2D eigenvalue weighted by molar-refractivity contribution is 7.10. The predicted octanol–water partition coefficient (Wildman–Crippen LogP) is 5.11. The normalized spacial score (nSPS) is 10.8. The Hall–Kier alpha value is -1.19. The first kappa shape index (κ1) is 14.2. The van der Waals surface area contributed by atoms with Gasteiger partial charge in [-0.1, -0.05) is 11.6 Å². The van der Waals surface area contributed by atoms with Gasteiger partial charge in [0.2, 0.25) is 0 Å². The van der Waals surface area contributed by atoms with Gasteiger partial charge >= 0.3 is 0 Å². The molecule has 0 aliphatic carbocycles. The molecule has 1 aromatic heterocycles. The third kappa shape index (κ3) is 4.15. The monoisotopic (exact) mass is 295 g/mol. The molecule has 0 aliphatic heterocycles. The van der Waals surface area contributed by atoms with Crippen LogP contribution in [-0.2, 0) is 6.54 Å². The number of hydrogen-bond donors (Lipinski definition) is 1. The predicted molar refractivity (Wildman–Crippen MR) is 83.6 cm³/mol. The Morgan fingerprint density at radius 2 is 2.11 bits per heavy atom. The van der Waals surface area contributed by atoms with Gasteiger partial charge in [0.25, 0.3) is 0 Å². The molecule has 0 atom stereocenters. The highest BCUT2D eigenvalue weighted by atomic mass is 35.5. The van der Waals surface area contributed by atoms with Crippen molar-refractivity contribution in [3.63, 3.8) is 0 Å². The molecule has 102 valence electrons. The van der Waals surface area contributed by atoms with E-state index in [-0.39, 0.29) is 6.10 Å². The zero-order valence-corrected chi connectivity index (χ0v) is 12.9. The molecule has 0 radical (unpaired) electrons. The van der Waals surface area contributed by atoms with E-state index in [4.69, 9.17) is 16.3 Å². The van der Waals surface area contributed by atoms with Gasteiger partial charge < -0.3 is 10.1 Å². The second-order valence-corrected chi connectivity index (χ2v) is 6.16. The molecule has 0 saturated carbocycles. The lowest BCUT2D eigenvalue weighted by atomic mass is 10.2. The summed E-state index contributed by atoms with van der Waals surface area (Å²) in [5.74, 6) is 0.914. The summed E-state index contributed by atoms with van der Waals surface area (Å²) in [7, 11) is 0. The minimum Gasteiger partial charge on any atom is -0.491 e. The van der Waals surface area contributed by atoms with Crippen LogP contribution in [0.5, 0.6) is 5.75 Å². The molecular formula is C15H18ClNOS. The van der Waals surface area contributed by atoms with Gasteiger partial charge in [-0.3, -0.25) is 0 Å². The van der Waals surface area contributed by atoms with Gasteiger partial charge in [-0.15, -0.1) is 11.3 Å². The fraction of sp³-hybridized carbons (Fsp3) is 0.333. The highest BCUT2D eigenvalue weighted by Crippen LogP contribution is 2.24. The second kappa shape index (κ2) is 6.31. The summed E-state index contributed by atoms with van der Waals surface area (Å²) in [5.41, 5.74) is 2.31. The number of rotatable bonds is 5. The number of thiophene rings is 1. The molecule has 0 saturated heterocycles. The van der Waals surface area contributed by atoms with Gasteiger partial charge in [-0.05, 0) is 50.6 Å². The number of hydrogen-bond acceptors (Lipinski definition) is 3. The first-order valence-corrected chi connectivity index (χ1v) is 7.54. The van der Waals surface area contributed by atoms with Crippen LogP contribution in [0.4, 0.5) is 5.69 Å². The van der Waals surface area contributed by atoms with Gasteiger partial charge in [0.15, 0.2) is 0 Å². The first-order chi connectivity index (χ1) is 9.04. The standard InChI is InChI=1S/C15H18ClNOS/c1-10(2)18-13-4-5-15(11(3)6-13)17-8-14-7-12(16)9-19-14/h4-7,9-10,17H,8H2,1-3H3. The van der Waals surface area contributed by atoms with Crippen molar-refractivity contribution < 1.29 is 4.74 Å². The molecular weight excluding hydrogens is 278 g/mol. The Morgan fingerprint density at radius 3 is 2.68 bits per heavy atom. The summed E-state index contributed by atoms with van der Waals surface area (Å²) in [6.45, 7) is 6.93. The highest BCUT2D eigenvalue weighted by Gasteiger charge is 2.03. The minimum atomic E-state index is 0.200. The lowest BCUT2D eigenvalue weighted by Gasteiger charge is -2.13. The Kier molecular flexibility index (Phi) is 4.72. The maximum absolute atomic E-state index is 5.91. The lowest BCUT2D eigenvalue weighted by molar-refractivity contribution is 0.242. The summed E-state index contributed by atoms with van der Waals surface area (Å²) in [5, 5.41) is 6.17. The topological polar surface area (TPSA) is 21.3 Å². The number of aryl methyl sites for hydroxylation is 1. The third-order valence-electron chi connectivity index (χ3n) is 2.64. The van der Waals surface area contributed by atoms with Crippen molar-refractivity contribution in [3.8, 4) is 5.75 Å². The molecule has 0 bridgehead atoms. The third-order valence-corrected chi connectivity index (χ3v) is 3.93. The van der Waals surface area contributed by atoms with Crippen molar-refractivity contribution in [2.45, 2.75) is 33.4 Å². The Bertz CT molecular complexity index is 551. The fourth-order valence-electron chi connectivity index (χ4n) is 1.81. The maximum Gasteiger partial charge on any atom is 0.120 e. The summed E-state index contributed by atoms with van der Waals surface area (Å²) in [4.78, 5) is 1.23. The van der Waals surface area contributed by atoms with Crippen molar-refractivity contribution >= 4 is 28.6 Å². The van der Waals surface area contributed by atoms with E-state index in [1.807, 2.05) is 31.4 Å². The van der Waals surface area contributed by atoms with Crippen LogP contribution in [0.25, 0.3) is 0 Å². The smallest absolute Gasteiger partial charge is 0.120 e. The summed E-state index contributed by atoms with van der Waals surface area (Å²) in [6, 6.07) is 8.10. The molecule has 0 unspecified atom stereocenters.